The van der Waals surface area contributed by atoms with E-state index in [1.807, 2.05) is 4.90 Å². The number of benzene rings is 1. The maximum atomic E-state index is 12.6. The zero-order chi connectivity index (χ0) is 14.5. The molecule has 2 rings (SSSR count). The Morgan fingerprint density at radius 2 is 2.30 bits per heavy atom. The van der Waals surface area contributed by atoms with Crippen LogP contribution in [0.2, 0.25) is 0 Å². The Morgan fingerprint density at radius 1 is 1.50 bits per heavy atom. The van der Waals surface area contributed by atoms with Crippen LogP contribution in [0.3, 0.4) is 0 Å². The molecule has 1 aliphatic heterocycles. The molecule has 1 atom stereocenters. The number of phenols is 1. The topological polar surface area (TPSA) is 49.8 Å². The van der Waals surface area contributed by atoms with E-state index in [0.29, 0.717) is 17.2 Å². The summed E-state index contributed by atoms with van der Waals surface area (Å²) in [4.78, 5) is 14.4. The number of methoxy groups -OCH3 is 1. The molecule has 4 nitrogen and oxygen atoms in total. The van der Waals surface area contributed by atoms with E-state index in [4.69, 9.17) is 16.3 Å². The van der Waals surface area contributed by atoms with Crippen molar-refractivity contribution in [2.45, 2.75) is 31.7 Å². The number of rotatable bonds is 4. The molecule has 0 spiro atoms. The van der Waals surface area contributed by atoms with Gasteiger partial charge in [0, 0.05) is 24.0 Å². The number of likely N-dealkylation sites (tertiary alicyclic amines) is 1. The van der Waals surface area contributed by atoms with Gasteiger partial charge in [-0.3, -0.25) is 4.79 Å². The van der Waals surface area contributed by atoms with Crippen LogP contribution < -0.4 is 4.74 Å². The second-order valence-electron chi connectivity index (χ2n) is 5.01. The minimum atomic E-state index is -0.0437. The predicted octanol–water partition coefficient (Wildman–Crippen LogP) is 3.02. The van der Waals surface area contributed by atoms with Gasteiger partial charge in [0.1, 0.15) is 0 Å². The Morgan fingerprint density at radius 3 is 2.95 bits per heavy atom. The van der Waals surface area contributed by atoms with Crippen molar-refractivity contribution >= 4 is 17.5 Å². The van der Waals surface area contributed by atoms with Gasteiger partial charge in [0.05, 0.1) is 7.11 Å². The van der Waals surface area contributed by atoms with Gasteiger partial charge in [-0.15, -0.1) is 11.6 Å². The monoisotopic (exact) mass is 297 g/mol. The first-order chi connectivity index (χ1) is 9.67. The molecule has 0 aliphatic carbocycles. The number of aromatic hydroxyl groups is 1. The number of ether oxygens (including phenoxy) is 1. The van der Waals surface area contributed by atoms with E-state index in [2.05, 4.69) is 0 Å². The number of carbonyl (C=O) groups is 1. The molecule has 0 saturated carbocycles. The molecule has 1 aromatic carbocycles. The van der Waals surface area contributed by atoms with E-state index in [-0.39, 0.29) is 17.7 Å². The Kier molecular flexibility index (Phi) is 5.12. The molecule has 1 unspecified atom stereocenters. The molecule has 1 aliphatic rings. The highest BCUT2D eigenvalue weighted by Gasteiger charge is 2.27. The van der Waals surface area contributed by atoms with Gasteiger partial charge in [-0.2, -0.15) is 0 Å². The lowest BCUT2D eigenvalue weighted by Crippen LogP contribution is -2.43. The average Bonchev–Trinajstić information content (AvgIpc) is 2.47. The van der Waals surface area contributed by atoms with Crippen molar-refractivity contribution in [3.63, 3.8) is 0 Å². The fraction of sp³-hybridized carbons (Fsp3) is 0.533. The zero-order valence-corrected chi connectivity index (χ0v) is 12.4. The summed E-state index contributed by atoms with van der Waals surface area (Å²) in [6.45, 7) is 0.757. The van der Waals surface area contributed by atoms with Gasteiger partial charge in [0.15, 0.2) is 11.5 Å². The summed E-state index contributed by atoms with van der Waals surface area (Å²) in [5.41, 5.74) is 0.491. The lowest BCUT2D eigenvalue weighted by Gasteiger charge is -2.35. The number of carbonyl (C=O) groups excluding carboxylic acids is 1. The molecule has 1 amide bonds. The number of hydrogen-bond donors (Lipinski definition) is 1. The minimum absolute atomic E-state index is 0.00995. The quantitative estimate of drug-likeness (QED) is 0.869. The highest BCUT2D eigenvalue weighted by atomic mass is 35.5. The first-order valence-corrected chi connectivity index (χ1v) is 7.44. The fourth-order valence-electron chi connectivity index (χ4n) is 2.68. The third-order valence-corrected chi connectivity index (χ3v) is 3.97. The Balaban J connectivity index is 2.18. The molecule has 1 saturated heterocycles. The molecule has 0 aromatic heterocycles. The molecule has 20 heavy (non-hydrogen) atoms. The van der Waals surface area contributed by atoms with Crippen molar-refractivity contribution in [1.82, 2.24) is 4.90 Å². The van der Waals surface area contributed by atoms with E-state index >= 15 is 0 Å². The van der Waals surface area contributed by atoms with E-state index in [1.165, 1.54) is 13.2 Å². The summed E-state index contributed by atoms with van der Waals surface area (Å²) in [5.74, 6) is 0.877. The van der Waals surface area contributed by atoms with Gasteiger partial charge >= 0.3 is 0 Å². The molecule has 110 valence electrons. The maximum absolute atomic E-state index is 12.6. The summed E-state index contributed by atoms with van der Waals surface area (Å²) in [5, 5.41) is 9.79. The average molecular weight is 298 g/mol. The van der Waals surface area contributed by atoms with E-state index in [1.54, 1.807) is 12.1 Å². The predicted molar refractivity (Wildman–Crippen MR) is 78.7 cm³/mol. The Hall–Kier alpha value is -1.42. The van der Waals surface area contributed by atoms with Crippen molar-refractivity contribution in [2.75, 3.05) is 19.5 Å². The van der Waals surface area contributed by atoms with Crippen LogP contribution in [0.1, 0.15) is 36.0 Å². The molecule has 0 radical (unpaired) electrons. The molecule has 1 N–H and O–H groups in total. The van der Waals surface area contributed by atoms with Crippen molar-refractivity contribution in [1.29, 1.82) is 0 Å². The minimum Gasteiger partial charge on any atom is -0.504 e. The molecule has 1 fully saturated rings. The smallest absolute Gasteiger partial charge is 0.254 e. The summed E-state index contributed by atoms with van der Waals surface area (Å²) < 4.78 is 4.99. The molecule has 0 bridgehead atoms. The Labute approximate surface area is 124 Å². The molecule has 5 heteroatoms. The number of phenolic OH excluding ortho intramolecular Hbond substituents is 1. The van der Waals surface area contributed by atoms with Gasteiger partial charge in [-0.05, 0) is 43.9 Å². The number of piperidine rings is 1. The third-order valence-electron chi connectivity index (χ3n) is 3.76. The number of alkyl halides is 1. The first kappa shape index (κ1) is 15.0. The molecular weight excluding hydrogens is 278 g/mol. The first-order valence-electron chi connectivity index (χ1n) is 6.91. The summed E-state index contributed by atoms with van der Waals surface area (Å²) in [6, 6.07) is 4.97. The lowest BCUT2D eigenvalue weighted by atomic mass is 9.98. The van der Waals surface area contributed by atoms with E-state index in [9.17, 15) is 9.90 Å². The van der Waals surface area contributed by atoms with Crippen molar-refractivity contribution in [2.24, 2.45) is 0 Å². The van der Waals surface area contributed by atoms with Crippen LogP contribution in [-0.4, -0.2) is 41.5 Å². The highest BCUT2D eigenvalue weighted by Crippen LogP contribution is 2.28. The van der Waals surface area contributed by atoms with Gasteiger partial charge in [0.2, 0.25) is 0 Å². The maximum Gasteiger partial charge on any atom is 0.254 e. The van der Waals surface area contributed by atoms with Crippen LogP contribution >= 0.6 is 11.6 Å². The summed E-state index contributed by atoms with van der Waals surface area (Å²) >= 11 is 5.82. The number of nitrogens with zero attached hydrogens (tertiary/aromatic N) is 1. The van der Waals surface area contributed by atoms with Crippen LogP contribution in [0.25, 0.3) is 0 Å². The normalized spacial score (nSPS) is 18.9. The lowest BCUT2D eigenvalue weighted by molar-refractivity contribution is 0.0609. The number of halogens is 1. The number of amides is 1. The fourth-order valence-corrected chi connectivity index (χ4v) is 2.93. The molecule has 1 heterocycles. The zero-order valence-electron chi connectivity index (χ0n) is 11.6. The second kappa shape index (κ2) is 6.84. The van der Waals surface area contributed by atoms with Crippen LogP contribution in [0.15, 0.2) is 18.2 Å². The van der Waals surface area contributed by atoms with Gasteiger partial charge < -0.3 is 14.7 Å². The Bertz CT molecular complexity index is 476. The van der Waals surface area contributed by atoms with Crippen molar-refractivity contribution in [3.8, 4) is 11.5 Å². The molecule has 1 aromatic rings. The summed E-state index contributed by atoms with van der Waals surface area (Å²) in [6.07, 6.45) is 3.97. The second-order valence-corrected chi connectivity index (χ2v) is 5.39. The van der Waals surface area contributed by atoms with Gasteiger partial charge in [-0.25, -0.2) is 0 Å². The van der Waals surface area contributed by atoms with Gasteiger partial charge in [-0.1, -0.05) is 0 Å². The van der Waals surface area contributed by atoms with Crippen LogP contribution in [0.5, 0.6) is 11.5 Å². The van der Waals surface area contributed by atoms with Gasteiger partial charge in [0.25, 0.3) is 5.91 Å². The number of hydrogen-bond acceptors (Lipinski definition) is 3. The van der Waals surface area contributed by atoms with Crippen LogP contribution in [0.4, 0.5) is 0 Å². The SMILES string of the molecule is COc1ccc(C(=O)N2CCCCC2CCCl)cc1O. The third kappa shape index (κ3) is 3.18. The van der Waals surface area contributed by atoms with Crippen molar-refractivity contribution in [3.05, 3.63) is 23.8 Å². The van der Waals surface area contributed by atoms with E-state index < -0.39 is 0 Å². The largest absolute Gasteiger partial charge is 0.504 e. The van der Waals surface area contributed by atoms with E-state index in [0.717, 1.165) is 32.2 Å². The summed E-state index contributed by atoms with van der Waals surface area (Å²) in [7, 11) is 1.48. The molecular formula is C15H20ClNO3. The highest BCUT2D eigenvalue weighted by molar-refractivity contribution is 6.17. The van der Waals surface area contributed by atoms with Crippen molar-refractivity contribution < 1.29 is 14.6 Å². The standard InChI is InChI=1S/C15H20ClNO3/c1-20-14-6-5-11(10-13(14)18)15(19)17-9-3-2-4-12(17)7-8-16/h5-6,10,12,18H,2-4,7-9H2,1H3. The van der Waals surface area contributed by atoms with Crippen LogP contribution in [-0.2, 0) is 0 Å². The van der Waals surface area contributed by atoms with Crippen LogP contribution in [0, 0.1) is 0 Å².